The van der Waals surface area contributed by atoms with Gasteiger partial charge < -0.3 is 10.4 Å². The maximum Gasteiger partial charge on any atom is 0.252 e. The third-order valence-electron chi connectivity index (χ3n) is 4.31. The highest BCUT2D eigenvalue weighted by Crippen LogP contribution is 2.43. The average Bonchev–Trinajstić information content (AvgIpc) is 2.35. The van der Waals surface area contributed by atoms with Gasteiger partial charge in [0.15, 0.2) is 0 Å². The maximum atomic E-state index is 13.2. The number of hydrogen-bond acceptors (Lipinski definition) is 2. The van der Waals surface area contributed by atoms with Crippen LogP contribution in [-0.2, 0) is 0 Å². The largest absolute Gasteiger partial charge is 0.394 e. The molecule has 2 atom stereocenters. The molecule has 1 aromatic rings. The van der Waals surface area contributed by atoms with E-state index in [1.54, 1.807) is 0 Å². The number of aliphatic hydroxyl groups is 1. The maximum absolute atomic E-state index is 13.2. The molecule has 5 heteroatoms. The first kappa shape index (κ1) is 17.4. The van der Waals surface area contributed by atoms with E-state index in [1.165, 1.54) is 18.2 Å². The van der Waals surface area contributed by atoms with Crippen molar-refractivity contribution in [3.05, 3.63) is 34.1 Å². The fourth-order valence-corrected chi connectivity index (χ4v) is 4.51. The molecule has 0 aliphatic heterocycles. The number of benzene rings is 1. The van der Waals surface area contributed by atoms with E-state index in [0.717, 1.165) is 19.3 Å². The normalized spacial score (nSPS) is 27.5. The van der Waals surface area contributed by atoms with Gasteiger partial charge in [-0.2, -0.15) is 0 Å². The topological polar surface area (TPSA) is 49.3 Å². The third-order valence-corrected chi connectivity index (χ3v) is 4.97. The molecule has 0 saturated heterocycles. The lowest BCUT2D eigenvalue weighted by molar-refractivity contribution is 0.0334. The van der Waals surface area contributed by atoms with E-state index in [9.17, 15) is 14.3 Å². The van der Waals surface area contributed by atoms with Gasteiger partial charge in [-0.25, -0.2) is 4.39 Å². The molecule has 1 amide bonds. The van der Waals surface area contributed by atoms with Crippen molar-refractivity contribution >= 4 is 21.8 Å². The molecule has 0 aromatic heterocycles. The van der Waals surface area contributed by atoms with Crippen LogP contribution in [0.3, 0.4) is 0 Å². The monoisotopic (exact) mass is 371 g/mol. The Kier molecular flexibility index (Phi) is 4.97. The predicted molar refractivity (Wildman–Crippen MR) is 88.2 cm³/mol. The van der Waals surface area contributed by atoms with Crippen molar-refractivity contribution in [3.63, 3.8) is 0 Å². The van der Waals surface area contributed by atoms with Crippen molar-refractivity contribution in [2.24, 2.45) is 11.3 Å². The van der Waals surface area contributed by atoms with Gasteiger partial charge in [-0.3, -0.25) is 4.79 Å². The first-order valence-electron chi connectivity index (χ1n) is 7.55. The lowest BCUT2D eigenvalue weighted by atomic mass is 9.64. The van der Waals surface area contributed by atoms with Crippen molar-refractivity contribution in [1.82, 2.24) is 5.32 Å². The zero-order valence-electron chi connectivity index (χ0n) is 13.2. The lowest BCUT2D eigenvalue weighted by Crippen LogP contribution is -2.57. The second kappa shape index (κ2) is 6.28. The Labute approximate surface area is 139 Å². The van der Waals surface area contributed by atoms with Crippen molar-refractivity contribution < 1.29 is 14.3 Å². The third kappa shape index (κ3) is 3.87. The number of carbonyl (C=O) groups excluding carboxylic acids is 1. The molecule has 0 unspecified atom stereocenters. The second-order valence-electron chi connectivity index (χ2n) is 7.37. The summed E-state index contributed by atoms with van der Waals surface area (Å²) in [7, 11) is 0. The molecule has 1 saturated carbocycles. The molecule has 2 rings (SSSR count). The van der Waals surface area contributed by atoms with Crippen LogP contribution in [0.4, 0.5) is 4.39 Å². The summed E-state index contributed by atoms with van der Waals surface area (Å²) < 4.78 is 13.6. The van der Waals surface area contributed by atoms with Gasteiger partial charge in [-0.1, -0.05) is 20.8 Å². The smallest absolute Gasteiger partial charge is 0.252 e. The Morgan fingerprint density at radius 1 is 1.45 bits per heavy atom. The highest BCUT2D eigenvalue weighted by Gasteiger charge is 2.43. The SMILES string of the molecule is C[C@H]1CC(C)(C)C[C@](CO)(NC(=O)c2ccc(F)cc2Br)C1. The minimum absolute atomic E-state index is 0.0632. The van der Waals surface area contributed by atoms with Crippen LogP contribution in [-0.4, -0.2) is 23.2 Å². The van der Waals surface area contributed by atoms with Gasteiger partial charge in [0, 0.05) is 4.47 Å². The van der Waals surface area contributed by atoms with Gasteiger partial charge in [0.25, 0.3) is 5.91 Å². The molecule has 0 radical (unpaired) electrons. The first-order chi connectivity index (χ1) is 10.2. The van der Waals surface area contributed by atoms with Crippen molar-refractivity contribution in [1.29, 1.82) is 0 Å². The molecule has 1 aromatic carbocycles. The fraction of sp³-hybridized carbons (Fsp3) is 0.588. The van der Waals surface area contributed by atoms with Crippen LogP contribution in [0.1, 0.15) is 50.4 Å². The highest BCUT2D eigenvalue weighted by atomic mass is 79.9. The van der Waals surface area contributed by atoms with E-state index in [-0.39, 0.29) is 17.9 Å². The average molecular weight is 372 g/mol. The van der Waals surface area contributed by atoms with Crippen LogP contribution in [0.2, 0.25) is 0 Å². The minimum Gasteiger partial charge on any atom is -0.394 e. The highest BCUT2D eigenvalue weighted by molar-refractivity contribution is 9.10. The van der Waals surface area contributed by atoms with Gasteiger partial charge in [0.2, 0.25) is 0 Å². The number of amides is 1. The fourth-order valence-electron chi connectivity index (χ4n) is 3.98. The van der Waals surface area contributed by atoms with Gasteiger partial charge in [0.05, 0.1) is 17.7 Å². The summed E-state index contributed by atoms with van der Waals surface area (Å²) >= 11 is 3.22. The Bertz CT molecular complexity index is 576. The van der Waals surface area contributed by atoms with Gasteiger partial charge in [-0.15, -0.1) is 0 Å². The number of rotatable bonds is 3. The van der Waals surface area contributed by atoms with Gasteiger partial charge in [-0.05, 0) is 64.7 Å². The molecule has 1 fully saturated rings. The van der Waals surface area contributed by atoms with Crippen molar-refractivity contribution in [2.75, 3.05) is 6.61 Å². The Balaban J connectivity index is 2.24. The zero-order valence-corrected chi connectivity index (χ0v) is 14.8. The molecule has 122 valence electrons. The van der Waals surface area contributed by atoms with Crippen molar-refractivity contribution in [3.8, 4) is 0 Å². The number of nitrogens with one attached hydrogen (secondary N) is 1. The summed E-state index contributed by atoms with van der Waals surface area (Å²) in [5.41, 5.74) is -0.176. The second-order valence-corrected chi connectivity index (χ2v) is 8.23. The van der Waals surface area contributed by atoms with Crippen LogP contribution >= 0.6 is 15.9 Å². The zero-order chi connectivity index (χ0) is 16.5. The number of halogens is 2. The molecule has 0 heterocycles. The Morgan fingerprint density at radius 2 is 2.14 bits per heavy atom. The standard InChI is InChI=1S/C17H23BrFNO2/c1-11-7-16(2,3)9-17(8-11,10-21)20-15(22)13-5-4-12(19)6-14(13)18/h4-6,11,21H,7-10H2,1-3H3,(H,20,22)/t11-,17+/m0/s1. The first-order valence-corrected chi connectivity index (χ1v) is 8.34. The number of aliphatic hydroxyl groups excluding tert-OH is 1. The molecular weight excluding hydrogens is 349 g/mol. The molecule has 0 bridgehead atoms. The van der Waals surface area contributed by atoms with Crippen LogP contribution < -0.4 is 5.32 Å². The number of carbonyl (C=O) groups is 1. The summed E-state index contributed by atoms with van der Waals surface area (Å²) in [5, 5.41) is 12.9. The van der Waals surface area contributed by atoms with E-state index < -0.39 is 11.4 Å². The minimum atomic E-state index is -0.619. The van der Waals surface area contributed by atoms with E-state index >= 15 is 0 Å². The Hall–Kier alpha value is -0.940. The molecule has 0 spiro atoms. The molecule has 22 heavy (non-hydrogen) atoms. The van der Waals surface area contributed by atoms with Crippen LogP contribution in [0.5, 0.6) is 0 Å². The summed E-state index contributed by atoms with van der Waals surface area (Å²) in [6.45, 7) is 6.37. The summed E-state index contributed by atoms with van der Waals surface area (Å²) in [4.78, 5) is 12.6. The van der Waals surface area contributed by atoms with E-state index in [4.69, 9.17) is 0 Å². The quantitative estimate of drug-likeness (QED) is 0.846. The Morgan fingerprint density at radius 3 is 2.68 bits per heavy atom. The molecule has 1 aliphatic rings. The molecular formula is C17H23BrFNO2. The van der Waals surface area contributed by atoms with E-state index in [2.05, 4.69) is 42.0 Å². The number of hydrogen-bond donors (Lipinski definition) is 2. The van der Waals surface area contributed by atoms with Gasteiger partial charge in [0.1, 0.15) is 5.82 Å². The van der Waals surface area contributed by atoms with Crippen molar-refractivity contribution in [2.45, 2.75) is 45.6 Å². The molecule has 3 nitrogen and oxygen atoms in total. The summed E-state index contributed by atoms with van der Waals surface area (Å²) in [6, 6.07) is 3.99. The van der Waals surface area contributed by atoms with Crippen LogP contribution in [0.15, 0.2) is 22.7 Å². The molecule has 2 N–H and O–H groups in total. The predicted octanol–water partition coefficient (Wildman–Crippen LogP) is 3.90. The summed E-state index contributed by atoms with van der Waals surface area (Å²) in [5.74, 6) is -0.258. The summed E-state index contributed by atoms with van der Waals surface area (Å²) in [6.07, 6.45) is 2.55. The van der Waals surface area contributed by atoms with Crippen LogP contribution in [0, 0.1) is 17.2 Å². The van der Waals surface area contributed by atoms with E-state index in [0.29, 0.717) is 16.0 Å². The van der Waals surface area contributed by atoms with Crippen LogP contribution in [0.25, 0.3) is 0 Å². The molecule has 1 aliphatic carbocycles. The van der Waals surface area contributed by atoms with Gasteiger partial charge >= 0.3 is 0 Å². The lowest BCUT2D eigenvalue weighted by Gasteiger charge is -2.47. The van der Waals surface area contributed by atoms with E-state index in [1.807, 2.05) is 0 Å².